The number of fused-ring (bicyclic) bond motifs is 4. The summed E-state index contributed by atoms with van der Waals surface area (Å²) in [5.41, 5.74) is 5.56. The van der Waals surface area contributed by atoms with Gasteiger partial charge in [-0.1, -0.05) is 18.2 Å². The van der Waals surface area contributed by atoms with Crippen molar-refractivity contribution in [3.05, 3.63) is 57.9 Å². The minimum Gasteiger partial charge on any atom is -0.486 e. The van der Waals surface area contributed by atoms with E-state index < -0.39 is 28.3 Å². The van der Waals surface area contributed by atoms with Gasteiger partial charge in [-0.25, -0.2) is 9.18 Å². The van der Waals surface area contributed by atoms with E-state index >= 15 is 0 Å². The minimum atomic E-state index is -0.847. The van der Waals surface area contributed by atoms with Crippen molar-refractivity contribution in [1.82, 2.24) is 4.98 Å². The smallest absolute Gasteiger partial charge is 0.414 e. The first-order valence-corrected chi connectivity index (χ1v) is 9.49. The van der Waals surface area contributed by atoms with Crippen molar-refractivity contribution in [1.29, 1.82) is 0 Å². The summed E-state index contributed by atoms with van der Waals surface area (Å²) in [7, 11) is 0. The second-order valence-electron chi connectivity index (χ2n) is 6.44. The normalized spacial score (nSPS) is 15.0. The van der Waals surface area contributed by atoms with Gasteiger partial charge >= 0.3 is 11.8 Å². The molecule has 0 radical (unpaired) electrons. The number of ether oxygens (including phenoxy) is 3. The number of hydrogen-bond acceptors (Lipinski definition) is 8. The van der Waals surface area contributed by atoms with Crippen LogP contribution in [0.2, 0.25) is 0 Å². The summed E-state index contributed by atoms with van der Waals surface area (Å²) in [5.74, 6) is -0.975. The lowest BCUT2D eigenvalue weighted by Gasteiger charge is -2.23. The maximum Gasteiger partial charge on any atom is 0.414 e. The predicted molar refractivity (Wildman–Crippen MR) is 110 cm³/mol. The molecule has 1 amide bonds. The molecule has 0 aliphatic carbocycles. The van der Waals surface area contributed by atoms with Crippen LogP contribution in [0.4, 0.5) is 26.4 Å². The molecule has 1 aliphatic heterocycles. The largest absolute Gasteiger partial charge is 0.486 e. The predicted octanol–water partition coefficient (Wildman–Crippen LogP) is 3.59. The second-order valence-corrected chi connectivity index (χ2v) is 6.44. The van der Waals surface area contributed by atoms with Crippen LogP contribution >= 0.6 is 0 Å². The average Bonchev–Trinajstić information content (AvgIpc) is 2.72. The van der Waals surface area contributed by atoms with Crippen LogP contribution in [0.15, 0.2) is 36.4 Å². The molecule has 3 rings (SSSR count). The molecule has 2 heterocycles. The summed E-state index contributed by atoms with van der Waals surface area (Å²) in [6.07, 6.45) is 3.12. The quantitative estimate of drug-likeness (QED) is 0.433. The highest BCUT2D eigenvalue weighted by molar-refractivity contribution is 5.92. The molecular weight excluding hydrogens is 411 g/mol. The fourth-order valence-electron chi connectivity index (χ4n) is 2.93. The zero-order valence-corrected chi connectivity index (χ0v) is 16.7. The Labute approximate surface area is 177 Å². The summed E-state index contributed by atoms with van der Waals surface area (Å²) in [4.78, 5) is 28.6. The SMILES string of the molecule is CCOC(=O)N1Cc2ccc(F)c(c2)OC/C=C/CCOc2cc1c([N+](=O)[O-])c(N)n2. The van der Waals surface area contributed by atoms with E-state index in [0.29, 0.717) is 12.0 Å². The molecule has 0 spiro atoms. The molecule has 10 nitrogen and oxygen atoms in total. The number of aromatic nitrogens is 1. The van der Waals surface area contributed by atoms with Gasteiger partial charge in [0, 0.05) is 6.07 Å². The lowest BCUT2D eigenvalue weighted by atomic mass is 10.1. The van der Waals surface area contributed by atoms with Gasteiger partial charge in [0.05, 0.1) is 24.7 Å². The third-order valence-corrected chi connectivity index (χ3v) is 4.31. The summed E-state index contributed by atoms with van der Waals surface area (Å²) in [6, 6.07) is 5.31. The van der Waals surface area contributed by atoms with Gasteiger partial charge in [0.2, 0.25) is 11.7 Å². The highest BCUT2D eigenvalue weighted by Crippen LogP contribution is 2.37. The van der Waals surface area contributed by atoms with E-state index in [2.05, 4.69) is 4.98 Å². The fourth-order valence-corrected chi connectivity index (χ4v) is 2.93. The van der Waals surface area contributed by atoms with Crippen molar-refractivity contribution < 1.29 is 28.3 Å². The van der Waals surface area contributed by atoms with Crippen molar-refractivity contribution in [2.75, 3.05) is 30.5 Å². The number of pyridine rings is 1. The second kappa shape index (κ2) is 9.74. The number of carbonyl (C=O) groups is 1. The summed E-state index contributed by atoms with van der Waals surface area (Å²) >= 11 is 0. The molecule has 0 saturated carbocycles. The molecular formula is C20H21FN4O6. The Kier molecular flexibility index (Phi) is 6.85. The summed E-state index contributed by atoms with van der Waals surface area (Å²) < 4.78 is 30.2. The van der Waals surface area contributed by atoms with Crippen LogP contribution in [0, 0.1) is 15.9 Å². The van der Waals surface area contributed by atoms with Gasteiger partial charge in [-0.3, -0.25) is 15.0 Å². The number of carbonyl (C=O) groups excluding carboxylic acids is 1. The van der Waals surface area contributed by atoms with Crippen molar-refractivity contribution >= 4 is 23.3 Å². The minimum absolute atomic E-state index is 0.0125. The van der Waals surface area contributed by atoms with Crippen LogP contribution < -0.4 is 20.1 Å². The summed E-state index contributed by atoms with van der Waals surface area (Å²) in [6.45, 7) is 1.80. The number of benzene rings is 1. The van der Waals surface area contributed by atoms with E-state index in [4.69, 9.17) is 19.9 Å². The molecule has 1 aliphatic rings. The molecule has 164 valence electrons. The number of halogens is 1. The first kappa shape index (κ1) is 21.8. The van der Waals surface area contributed by atoms with Crippen LogP contribution in [0.1, 0.15) is 18.9 Å². The van der Waals surface area contributed by atoms with E-state index in [0.717, 1.165) is 4.90 Å². The van der Waals surface area contributed by atoms with Crippen molar-refractivity contribution in [2.24, 2.45) is 0 Å². The molecule has 0 saturated heterocycles. The summed E-state index contributed by atoms with van der Waals surface area (Å²) in [5, 5.41) is 11.7. The highest BCUT2D eigenvalue weighted by Gasteiger charge is 2.30. The Morgan fingerprint density at radius 3 is 2.90 bits per heavy atom. The van der Waals surface area contributed by atoms with E-state index in [1.54, 1.807) is 19.1 Å². The van der Waals surface area contributed by atoms with Crippen LogP contribution in [0.25, 0.3) is 0 Å². The third-order valence-electron chi connectivity index (χ3n) is 4.31. The van der Waals surface area contributed by atoms with Crippen molar-refractivity contribution in [2.45, 2.75) is 19.9 Å². The number of anilines is 2. The zero-order valence-electron chi connectivity index (χ0n) is 16.7. The number of rotatable bonds is 2. The molecule has 2 N–H and O–H groups in total. The average molecular weight is 432 g/mol. The highest BCUT2D eigenvalue weighted by atomic mass is 19.1. The van der Waals surface area contributed by atoms with E-state index in [1.807, 2.05) is 0 Å². The van der Waals surface area contributed by atoms with Crippen molar-refractivity contribution in [3.8, 4) is 11.6 Å². The van der Waals surface area contributed by atoms with Crippen LogP contribution in [-0.4, -0.2) is 35.8 Å². The Hall–Kier alpha value is -3.89. The molecule has 2 aromatic rings. The molecule has 0 unspecified atom stereocenters. The first-order chi connectivity index (χ1) is 14.9. The lowest BCUT2D eigenvalue weighted by Crippen LogP contribution is -2.32. The molecule has 1 aromatic heterocycles. The van der Waals surface area contributed by atoms with Crippen molar-refractivity contribution in [3.63, 3.8) is 0 Å². The van der Waals surface area contributed by atoms with Crippen LogP contribution in [0.5, 0.6) is 11.6 Å². The van der Waals surface area contributed by atoms with Gasteiger partial charge in [-0.2, -0.15) is 4.98 Å². The van der Waals surface area contributed by atoms with Gasteiger partial charge in [-0.05, 0) is 31.0 Å². The number of amides is 1. The monoisotopic (exact) mass is 432 g/mol. The van der Waals surface area contributed by atoms with E-state index in [1.165, 1.54) is 24.3 Å². The number of nitrogen functional groups attached to an aromatic ring is 1. The Morgan fingerprint density at radius 2 is 2.16 bits per heavy atom. The molecule has 1 aromatic carbocycles. The molecule has 4 bridgehead atoms. The van der Waals surface area contributed by atoms with Gasteiger partial charge in [0.15, 0.2) is 11.6 Å². The van der Waals surface area contributed by atoms with Crippen LogP contribution in [0.3, 0.4) is 0 Å². The Morgan fingerprint density at radius 1 is 1.35 bits per heavy atom. The van der Waals surface area contributed by atoms with E-state index in [-0.39, 0.29) is 43.7 Å². The number of nitrogens with zero attached hydrogens (tertiary/aromatic N) is 3. The Bertz CT molecular complexity index is 1010. The zero-order chi connectivity index (χ0) is 22.4. The standard InChI is InChI=1S/C20H21FN4O6/c1-2-29-20(26)24-12-13-6-7-14(21)16(10-13)30-8-4-3-5-9-31-17-11-15(24)18(25(27)28)19(22)23-17/h3-4,6-7,10-11H,2,5,8-9,12H2,1H3,(H2,22,23)/b4-3+. The van der Waals surface area contributed by atoms with Gasteiger partial charge in [0.25, 0.3) is 0 Å². The maximum absolute atomic E-state index is 14.1. The number of hydrogen-bond donors (Lipinski definition) is 1. The lowest BCUT2D eigenvalue weighted by molar-refractivity contribution is -0.383. The van der Waals surface area contributed by atoms with Gasteiger partial charge in [0.1, 0.15) is 12.3 Å². The molecule has 0 atom stereocenters. The topological polar surface area (TPSA) is 130 Å². The molecule has 0 fully saturated rings. The van der Waals surface area contributed by atoms with Gasteiger partial charge < -0.3 is 19.9 Å². The number of nitrogens with two attached hydrogens (primary N) is 1. The molecule has 31 heavy (non-hydrogen) atoms. The maximum atomic E-state index is 14.1. The number of nitro groups is 1. The van der Waals surface area contributed by atoms with Gasteiger partial charge in [-0.15, -0.1) is 0 Å². The van der Waals surface area contributed by atoms with E-state index in [9.17, 15) is 19.3 Å². The Balaban J connectivity index is 2.16. The fraction of sp³-hybridized carbons (Fsp3) is 0.300. The first-order valence-electron chi connectivity index (χ1n) is 9.49. The van der Waals surface area contributed by atoms with Crippen LogP contribution in [-0.2, 0) is 11.3 Å². The molecule has 11 heteroatoms. The third kappa shape index (κ3) is 5.18.